The van der Waals surface area contributed by atoms with Crippen molar-refractivity contribution in [3.63, 3.8) is 0 Å². The number of rotatable bonds is 11. The van der Waals surface area contributed by atoms with Crippen molar-refractivity contribution in [2.45, 2.75) is 26.7 Å². The molecule has 0 saturated carbocycles. The maximum Gasteiger partial charge on any atom is 0.322 e. The SMILES string of the molecule is CCOCC(COC(=O)Cc1cccc(OC)c1)(C(=O)OCC)C1=CC=CCC=C1. The predicted octanol–water partition coefficient (Wildman–Crippen LogP) is 3.81. The summed E-state index contributed by atoms with van der Waals surface area (Å²) in [5.41, 5.74) is 0.223. The van der Waals surface area contributed by atoms with Crippen LogP contribution in [0.5, 0.6) is 5.75 Å². The lowest BCUT2D eigenvalue weighted by atomic mass is 9.80. The Balaban J connectivity index is 2.24. The lowest BCUT2D eigenvalue weighted by molar-refractivity contribution is -0.164. The fourth-order valence-electron chi connectivity index (χ4n) is 3.09. The summed E-state index contributed by atoms with van der Waals surface area (Å²) in [6, 6.07) is 7.22. The molecule has 0 N–H and O–H groups in total. The van der Waals surface area contributed by atoms with Gasteiger partial charge in [0, 0.05) is 6.61 Å². The molecule has 0 aromatic heterocycles. The van der Waals surface area contributed by atoms with Gasteiger partial charge >= 0.3 is 11.9 Å². The zero-order chi connectivity index (χ0) is 21.8. The first-order chi connectivity index (χ1) is 14.6. The zero-order valence-corrected chi connectivity index (χ0v) is 17.9. The van der Waals surface area contributed by atoms with E-state index in [4.69, 9.17) is 18.9 Å². The first kappa shape index (κ1) is 23.4. The molecule has 0 bridgehead atoms. The average Bonchev–Trinajstić information content (AvgIpc) is 3.04. The van der Waals surface area contributed by atoms with Gasteiger partial charge in [-0.25, -0.2) is 0 Å². The molecule has 1 aliphatic rings. The normalized spacial score (nSPS) is 15.0. The Kier molecular flexibility index (Phi) is 9.35. The van der Waals surface area contributed by atoms with E-state index in [0.717, 1.165) is 12.0 Å². The van der Waals surface area contributed by atoms with Crippen LogP contribution in [-0.2, 0) is 30.2 Å². The number of hydrogen-bond donors (Lipinski definition) is 0. The number of benzene rings is 1. The van der Waals surface area contributed by atoms with Crippen LogP contribution >= 0.6 is 0 Å². The number of esters is 2. The Morgan fingerprint density at radius 1 is 1.07 bits per heavy atom. The van der Waals surface area contributed by atoms with Crippen LogP contribution in [-0.4, -0.2) is 45.5 Å². The molecule has 0 heterocycles. The van der Waals surface area contributed by atoms with E-state index in [1.807, 2.05) is 49.4 Å². The number of carbonyl (C=O) groups is 2. The Morgan fingerprint density at radius 2 is 1.90 bits per heavy atom. The maximum atomic E-state index is 13.0. The Labute approximate surface area is 178 Å². The maximum absolute atomic E-state index is 13.0. The first-order valence-electron chi connectivity index (χ1n) is 10.1. The van der Waals surface area contributed by atoms with Crippen molar-refractivity contribution in [2.24, 2.45) is 5.41 Å². The molecular formula is C24H30O6. The lowest BCUT2D eigenvalue weighted by Crippen LogP contribution is -2.44. The van der Waals surface area contributed by atoms with Crippen LogP contribution in [0.4, 0.5) is 0 Å². The number of methoxy groups -OCH3 is 1. The molecule has 6 nitrogen and oxygen atoms in total. The standard InChI is InChI=1S/C24H30O6/c1-4-28-17-24(23(26)29-5-2,20-12-8-6-7-9-13-20)18-30-22(25)16-19-11-10-14-21(15-19)27-3/h6,8-15H,4-5,7,16-18H2,1-3H3. The molecule has 1 aromatic carbocycles. The van der Waals surface area contributed by atoms with E-state index in [0.29, 0.717) is 17.9 Å². The Hall–Kier alpha value is -2.86. The van der Waals surface area contributed by atoms with Gasteiger partial charge in [-0.3, -0.25) is 9.59 Å². The second-order valence-electron chi connectivity index (χ2n) is 6.82. The summed E-state index contributed by atoms with van der Waals surface area (Å²) < 4.78 is 21.8. The average molecular weight is 414 g/mol. The second-order valence-corrected chi connectivity index (χ2v) is 6.82. The van der Waals surface area contributed by atoms with E-state index in [1.54, 1.807) is 26.2 Å². The molecule has 0 spiro atoms. The van der Waals surface area contributed by atoms with Crippen molar-refractivity contribution in [3.05, 3.63) is 65.8 Å². The molecule has 0 aliphatic heterocycles. The number of hydrogen-bond acceptors (Lipinski definition) is 6. The highest BCUT2D eigenvalue weighted by Gasteiger charge is 2.44. The quantitative estimate of drug-likeness (QED) is 0.513. The molecule has 0 amide bonds. The van der Waals surface area contributed by atoms with E-state index in [9.17, 15) is 9.59 Å². The van der Waals surface area contributed by atoms with E-state index >= 15 is 0 Å². The summed E-state index contributed by atoms with van der Waals surface area (Å²) in [7, 11) is 1.57. The fraction of sp³-hybridized carbons (Fsp3) is 0.417. The van der Waals surface area contributed by atoms with Crippen LogP contribution in [0.1, 0.15) is 25.8 Å². The van der Waals surface area contributed by atoms with E-state index < -0.39 is 17.4 Å². The molecule has 162 valence electrons. The van der Waals surface area contributed by atoms with Crippen molar-refractivity contribution in [3.8, 4) is 5.75 Å². The topological polar surface area (TPSA) is 71.1 Å². The van der Waals surface area contributed by atoms with Crippen LogP contribution in [0.2, 0.25) is 0 Å². The molecule has 1 aromatic rings. The van der Waals surface area contributed by atoms with Gasteiger partial charge in [-0.15, -0.1) is 0 Å². The van der Waals surface area contributed by atoms with Crippen LogP contribution in [0, 0.1) is 5.41 Å². The van der Waals surface area contributed by atoms with Crippen LogP contribution in [0.25, 0.3) is 0 Å². The van der Waals surface area contributed by atoms with E-state index in [1.165, 1.54) is 0 Å². The van der Waals surface area contributed by atoms with Gasteiger partial charge in [0.15, 0.2) is 0 Å². The fourth-order valence-corrected chi connectivity index (χ4v) is 3.09. The van der Waals surface area contributed by atoms with Gasteiger partial charge in [0.05, 0.1) is 26.7 Å². The van der Waals surface area contributed by atoms with Gasteiger partial charge in [-0.05, 0) is 43.5 Å². The summed E-state index contributed by atoms with van der Waals surface area (Å²) in [6.45, 7) is 4.12. The molecule has 6 heteroatoms. The van der Waals surface area contributed by atoms with Crippen molar-refractivity contribution in [1.29, 1.82) is 0 Å². The predicted molar refractivity (Wildman–Crippen MR) is 114 cm³/mol. The highest BCUT2D eigenvalue weighted by Crippen LogP contribution is 2.33. The monoisotopic (exact) mass is 414 g/mol. The molecule has 1 aliphatic carbocycles. The Morgan fingerprint density at radius 3 is 2.63 bits per heavy atom. The van der Waals surface area contributed by atoms with Gasteiger partial charge in [-0.2, -0.15) is 0 Å². The Bertz CT molecular complexity index is 808. The van der Waals surface area contributed by atoms with Gasteiger partial charge < -0.3 is 18.9 Å². The molecule has 1 unspecified atom stereocenters. The summed E-state index contributed by atoms with van der Waals surface area (Å²) in [5.74, 6) is -0.251. The molecular weight excluding hydrogens is 384 g/mol. The molecule has 30 heavy (non-hydrogen) atoms. The summed E-state index contributed by atoms with van der Waals surface area (Å²) >= 11 is 0. The third-order valence-electron chi connectivity index (χ3n) is 4.71. The summed E-state index contributed by atoms with van der Waals surface area (Å²) in [5, 5.41) is 0. The molecule has 0 saturated heterocycles. The zero-order valence-electron chi connectivity index (χ0n) is 17.9. The third-order valence-corrected chi connectivity index (χ3v) is 4.71. The molecule has 0 radical (unpaired) electrons. The van der Waals surface area contributed by atoms with Gasteiger partial charge in [-0.1, -0.05) is 42.5 Å². The van der Waals surface area contributed by atoms with Gasteiger partial charge in [0.1, 0.15) is 17.8 Å². The summed E-state index contributed by atoms with van der Waals surface area (Å²) in [4.78, 5) is 25.6. The molecule has 2 rings (SSSR count). The third kappa shape index (κ3) is 6.32. The van der Waals surface area contributed by atoms with E-state index in [2.05, 4.69) is 0 Å². The van der Waals surface area contributed by atoms with Crippen LogP contribution in [0.3, 0.4) is 0 Å². The highest BCUT2D eigenvalue weighted by molar-refractivity contribution is 5.83. The minimum atomic E-state index is -1.23. The second kappa shape index (κ2) is 12.0. The van der Waals surface area contributed by atoms with Crippen molar-refractivity contribution >= 4 is 11.9 Å². The van der Waals surface area contributed by atoms with Crippen molar-refractivity contribution in [2.75, 3.05) is 33.5 Å². The minimum absolute atomic E-state index is 0.0544. The van der Waals surface area contributed by atoms with Crippen molar-refractivity contribution in [1.82, 2.24) is 0 Å². The number of allylic oxidation sites excluding steroid dienone is 5. The smallest absolute Gasteiger partial charge is 0.322 e. The van der Waals surface area contributed by atoms with E-state index in [-0.39, 0.29) is 26.2 Å². The largest absolute Gasteiger partial charge is 0.497 e. The lowest BCUT2D eigenvalue weighted by Gasteiger charge is -2.31. The van der Waals surface area contributed by atoms with Crippen LogP contribution in [0.15, 0.2) is 60.2 Å². The van der Waals surface area contributed by atoms with Crippen LogP contribution < -0.4 is 4.74 Å². The van der Waals surface area contributed by atoms with Gasteiger partial charge in [0.25, 0.3) is 0 Å². The number of ether oxygens (including phenoxy) is 4. The number of carbonyl (C=O) groups excluding carboxylic acids is 2. The molecule has 1 atom stereocenters. The highest BCUT2D eigenvalue weighted by atomic mass is 16.6. The minimum Gasteiger partial charge on any atom is -0.497 e. The summed E-state index contributed by atoms with van der Waals surface area (Å²) in [6.07, 6.45) is 10.3. The molecule has 0 fully saturated rings. The first-order valence-corrected chi connectivity index (χ1v) is 10.1. The van der Waals surface area contributed by atoms with Crippen molar-refractivity contribution < 1.29 is 28.5 Å². The van der Waals surface area contributed by atoms with Gasteiger partial charge in [0.2, 0.25) is 0 Å².